The topological polar surface area (TPSA) is 36.0 Å². The normalized spacial score (nSPS) is 18.4. The molecule has 160 valence electrons. The van der Waals surface area contributed by atoms with E-state index in [-0.39, 0.29) is 0 Å². The Kier molecular flexibility index (Phi) is 6.90. The zero-order valence-electron chi connectivity index (χ0n) is 18.0. The molecule has 2 aromatic carbocycles. The molecule has 0 N–H and O–H groups in total. The van der Waals surface area contributed by atoms with E-state index in [1.54, 1.807) is 7.11 Å². The van der Waals surface area contributed by atoms with Crippen molar-refractivity contribution >= 4 is 11.6 Å². The Balaban J connectivity index is 1.17. The maximum Gasteiger partial charge on any atom is 0.223 e. The van der Waals surface area contributed by atoms with E-state index in [1.807, 2.05) is 17.0 Å². The van der Waals surface area contributed by atoms with E-state index in [0.717, 1.165) is 51.6 Å². The number of rotatable bonds is 6. The third kappa shape index (κ3) is 5.14. The third-order valence-corrected chi connectivity index (χ3v) is 6.57. The monoisotopic (exact) mass is 407 g/mol. The van der Waals surface area contributed by atoms with Gasteiger partial charge in [0, 0.05) is 44.8 Å². The molecule has 0 aromatic heterocycles. The second-order valence-electron chi connectivity index (χ2n) is 8.34. The van der Waals surface area contributed by atoms with Gasteiger partial charge in [-0.1, -0.05) is 30.3 Å². The van der Waals surface area contributed by atoms with E-state index in [1.165, 1.54) is 24.1 Å². The van der Waals surface area contributed by atoms with Crippen molar-refractivity contribution in [1.82, 2.24) is 9.80 Å². The number of amides is 1. The number of carbonyl (C=O) groups is 1. The van der Waals surface area contributed by atoms with Crippen LogP contribution in [0, 0.1) is 0 Å². The summed E-state index contributed by atoms with van der Waals surface area (Å²) in [7, 11) is 1.69. The van der Waals surface area contributed by atoms with E-state index in [4.69, 9.17) is 4.74 Å². The molecule has 2 saturated heterocycles. The predicted molar refractivity (Wildman–Crippen MR) is 121 cm³/mol. The highest BCUT2D eigenvalue weighted by Crippen LogP contribution is 2.27. The molecule has 2 heterocycles. The number of hydrogen-bond acceptors (Lipinski definition) is 4. The fraction of sp³-hybridized carbons (Fsp3) is 0.480. The third-order valence-electron chi connectivity index (χ3n) is 6.57. The number of nitrogens with zero attached hydrogens (tertiary/aromatic N) is 3. The second-order valence-corrected chi connectivity index (χ2v) is 8.34. The Morgan fingerprint density at radius 1 is 0.900 bits per heavy atom. The number of ether oxygens (including phenoxy) is 1. The maximum atomic E-state index is 12.7. The minimum Gasteiger partial charge on any atom is -0.497 e. The molecule has 2 aromatic rings. The number of hydrogen-bond donors (Lipinski definition) is 0. The zero-order valence-corrected chi connectivity index (χ0v) is 18.0. The number of likely N-dealkylation sites (tertiary alicyclic amines) is 1. The van der Waals surface area contributed by atoms with Gasteiger partial charge in [-0.15, -0.1) is 0 Å². The van der Waals surface area contributed by atoms with Crippen molar-refractivity contribution in [2.45, 2.75) is 25.2 Å². The molecule has 5 nitrogen and oxygen atoms in total. The fourth-order valence-electron chi connectivity index (χ4n) is 4.63. The molecule has 0 aliphatic carbocycles. The van der Waals surface area contributed by atoms with Crippen LogP contribution in [0.4, 0.5) is 5.69 Å². The SMILES string of the molecule is COc1ccc(N2CCN(C(=O)CCN3CCC(c4ccccc4)CC3)CC2)cc1. The first kappa shape index (κ1) is 20.7. The molecule has 4 rings (SSSR count). The Hall–Kier alpha value is -2.53. The zero-order chi connectivity index (χ0) is 20.8. The molecular formula is C25H33N3O2. The van der Waals surface area contributed by atoms with E-state index < -0.39 is 0 Å². The van der Waals surface area contributed by atoms with Crippen molar-refractivity contribution in [3.63, 3.8) is 0 Å². The van der Waals surface area contributed by atoms with Crippen molar-refractivity contribution in [3.8, 4) is 5.75 Å². The molecule has 2 fully saturated rings. The van der Waals surface area contributed by atoms with Gasteiger partial charge in [0.1, 0.15) is 5.75 Å². The van der Waals surface area contributed by atoms with E-state index >= 15 is 0 Å². The Bertz CT molecular complexity index is 793. The first-order chi connectivity index (χ1) is 14.7. The molecule has 2 aliphatic rings. The second kappa shape index (κ2) is 9.98. The number of piperidine rings is 1. The summed E-state index contributed by atoms with van der Waals surface area (Å²) in [5.74, 6) is 1.85. The molecule has 0 radical (unpaired) electrons. The first-order valence-electron chi connectivity index (χ1n) is 11.2. The summed E-state index contributed by atoms with van der Waals surface area (Å²) >= 11 is 0. The molecule has 0 unspecified atom stereocenters. The summed E-state index contributed by atoms with van der Waals surface area (Å²) in [5, 5.41) is 0. The summed E-state index contributed by atoms with van der Waals surface area (Å²) in [6, 6.07) is 19.0. The number of piperazine rings is 1. The van der Waals surface area contributed by atoms with Gasteiger partial charge in [-0.2, -0.15) is 0 Å². The van der Waals surface area contributed by atoms with Crippen LogP contribution in [0.5, 0.6) is 5.75 Å². The lowest BCUT2D eigenvalue weighted by molar-refractivity contribution is -0.131. The quantitative estimate of drug-likeness (QED) is 0.733. The summed E-state index contributed by atoms with van der Waals surface area (Å²) in [4.78, 5) is 19.6. The highest BCUT2D eigenvalue weighted by molar-refractivity contribution is 5.76. The van der Waals surface area contributed by atoms with E-state index in [9.17, 15) is 4.79 Å². The van der Waals surface area contributed by atoms with E-state index in [0.29, 0.717) is 18.2 Å². The largest absolute Gasteiger partial charge is 0.497 e. The van der Waals surface area contributed by atoms with Crippen molar-refractivity contribution < 1.29 is 9.53 Å². The lowest BCUT2D eigenvalue weighted by atomic mass is 9.89. The van der Waals surface area contributed by atoms with Gasteiger partial charge in [0.05, 0.1) is 7.11 Å². The highest BCUT2D eigenvalue weighted by Gasteiger charge is 2.24. The molecule has 30 heavy (non-hydrogen) atoms. The smallest absolute Gasteiger partial charge is 0.223 e. The lowest BCUT2D eigenvalue weighted by Crippen LogP contribution is -2.49. The van der Waals surface area contributed by atoms with Crippen LogP contribution in [0.3, 0.4) is 0 Å². The van der Waals surface area contributed by atoms with E-state index in [2.05, 4.69) is 52.3 Å². The fourth-order valence-corrected chi connectivity index (χ4v) is 4.63. The van der Waals surface area contributed by atoms with Crippen LogP contribution in [0.1, 0.15) is 30.7 Å². The molecular weight excluding hydrogens is 374 g/mol. The molecule has 0 spiro atoms. The number of methoxy groups -OCH3 is 1. The minimum absolute atomic E-state index is 0.301. The average molecular weight is 408 g/mol. The van der Waals surface area contributed by atoms with Gasteiger partial charge in [0.15, 0.2) is 0 Å². The number of carbonyl (C=O) groups excluding carboxylic acids is 1. The van der Waals surface area contributed by atoms with Gasteiger partial charge in [-0.25, -0.2) is 0 Å². The van der Waals surface area contributed by atoms with Gasteiger partial charge in [0.25, 0.3) is 0 Å². The van der Waals surface area contributed by atoms with Crippen LogP contribution in [-0.2, 0) is 4.79 Å². The van der Waals surface area contributed by atoms with Crippen LogP contribution in [0.2, 0.25) is 0 Å². The van der Waals surface area contributed by atoms with Crippen molar-refractivity contribution in [2.24, 2.45) is 0 Å². The van der Waals surface area contributed by atoms with Crippen LogP contribution in [0.15, 0.2) is 54.6 Å². The summed E-state index contributed by atoms with van der Waals surface area (Å²) < 4.78 is 5.23. The summed E-state index contributed by atoms with van der Waals surface area (Å²) in [5.41, 5.74) is 2.66. The standard InChI is InChI=1S/C25H33N3O2/c1-30-24-9-7-23(8-10-24)27-17-19-28(20-18-27)25(29)13-16-26-14-11-22(12-15-26)21-5-3-2-4-6-21/h2-10,22H,11-20H2,1H3. The highest BCUT2D eigenvalue weighted by atomic mass is 16.5. The van der Waals surface area contributed by atoms with Gasteiger partial charge in [0.2, 0.25) is 5.91 Å². The van der Waals surface area contributed by atoms with Crippen molar-refractivity contribution in [2.75, 3.05) is 57.8 Å². The first-order valence-corrected chi connectivity index (χ1v) is 11.2. The molecule has 2 aliphatic heterocycles. The predicted octanol–water partition coefficient (Wildman–Crippen LogP) is 3.61. The number of benzene rings is 2. The summed E-state index contributed by atoms with van der Waals surface area (Å²) in [6.07, 6.45) is 3.02. The summed E-state index contributed by atoms with van der Waals surface area (Å²) in [6.45, 7) is 6.47. The lowest BCUT2D eigenvalue weighted by Gasteiger charge is -2.37. The van der Waals surface area contributed by atoms with Crippen LogP contribution in [-0.4, -0.2) is 68.6 Å². The molecule has 0 saturated carbocycles. The molecule has 5 heteroatoms. The Morgan fingerprint density at radius 2 is 1.57 bits per heavy atom. The Morgan fingerprint density at radius 3 is 2.20 bits per heavy atom. The minimum atomic E-state index is 0.301. The van der Waals surface area contributed by atoms with Gasteiger partial charge >= 0.3 is 0 Å². The maximum absolute atomic E-state index is 12.7. The molecule has 1 amide bonds. The number of anilines is 1. The van der Waals surface area contributed by atoms with Crippen molar-refractivity contribution in [3.05, 3.63) is 60.2 Å². The van der Waals surface area contributed by atoms with Gasteiger partial charge in [-0.05, 0) is 61.7 Å². The van der Waals surface area contributed by atoms with Crippen LogP contribution in [0.25, 0.3) is 0 Å². The van der Waals surface area contributed by atoms with Crippen LogP contribution >= 0.6 is 0 Å². The van der Waals surface area contributed by atoms with Crippen molar-refractivity contribution in [1.29, 1.82) is 0 Å². The molecule has 0 atom stereocenters. The molecule has 0 bridgehead atoms. The Labute approximate surface area is 180 Å². The van der Waals surface area contributed by atoms with Gasteiger partial charge < -0.3 is 19.4 Å². The van der Waals surface area contributed by atoms with Crippen LogP contribution < -0.4 is 9.64 Å². The average Bonchev–Trinajstić information content (AvgIpc) is 2.83. The van der Waals surface area contributed by atoms with Gasteiger partial charge in [-0.3, -0.25) is 4.79 Å².